The van der Waals surface area contributed by atoms with Crippen LogP contribution in [0.2, 0.25) is 5.02 Å². The van der Waals surface area contributed by atoms with Gasteiger partial charge in [0, 0.05) is 40.3 Å². The highest BCUT2D eigenvalue weighted by Crippen LogP contribution is 2.49. The molecule has 7 nitrogen and oxygen atoms in total. The summed E-state index contributed by atoms with van der Waals surface area (Å²) in [5.41, 5.74) is 3.86. The van der Waals surface area contributed by atoms with Crippen molar-refractivity contribution in [3.8, 4) is 5.75 Å². The van der Waals surface area contributed by atoms with E-state index in [-0.39, 0.29) is 28.8 Å². The maximum atomic E-state index is 13.9. The van der Waals surface area contributed by atoms with Gasteiger partial charge < -0.3 is 19.1 Å². The van der Waals surface area contributed by atoms with Crippen LogP contribution >= 0.6 is 11.6 Å². The number of fused-ring (bicyclic) bond motifs is 4. The molecule has 9 heteroatoms. The van der Waals surface area contributed by atoms with Crippen LogP contribution in [-0.2, 0) is 31.0 Å². The van der Waals surface area contributed by atoms with Gasteiger partial charge in [0.2, 0.25) is 0 Å². The van der Waals surface area contributed by atoms with Crippen molar-refractivity contribution in [1.29, 1.82) is 0 Å². The van der Waals surface area contributed by atoms with E-state index in [0.29, 0.717) is 29.9 Å². The number of nitrogens with zero attached hydrogens (tertiary/aromatic N) is 1. The van der Waals surface area contributed by atoms with Crippen LogP contribution < -0.4 is 14.4 Å². The molecule has 1 unspecified atom stereocenters. The van der Waals surface area contributed by atoms with Gasteiger partial charge in [-0.05, 0) is 123 Å². The highest BCUT2D eigenvalue weighted by atomic mass is 35.5. The van der Waals surface area contributed by atoms with Gasteiger partial charge in [0.25, 0.3) is 5.91 Å². The molecule has 2 bridgehead atoms. The summed E-state index contributed by atoms with van der Waals surface area (Å²) in [4.78, 5) is 16.2. The van der Waals surface area contributed by atoms with Gasteiger partial charge in [0.15, 0.2) is 6.29 Å². The fraction of sp³-hybridized carbons (Fsp3) is 0.622. The molecule has 3 aliphatic heterocycles. The van der Waals surface area contributed by atoms with Gasteiger partial charge in [-0.25, -0.2) is 4.21 Å². The first kappa shape index (κ1) is 32.3. The summed E-state index contributed by atoms with van der Waals surface area (Å²) >= 11 is 6.47. The van der Waals surface area contributed by atoms with Gasteiger partial charge >= 0.3 is 0 Å². The monoisotopic (exact) mass is 668 g/mol. The predicted octanol–water partition coefficient (Wildman–Crippen LogP) is 6.79. The van der Waals surface area contributed by atoms with Crippen molar-refractivity contribution in [2.45, 2.75) is 88.6 Å². The highest BCUT2D eigenvalue weighted by Gasteiger charge is 2.46. The number of hydrogen-bond donors (Lipinski definition) is 1. The molecule has 2 aliphatic carbocycles. The zero-order valence-corrected chi connectivity index (χ0v) is 28.9. The van der Waals surface area contributed by atoms with E-state index in [2.05, 4.69) is 34.5 Å². The summed E-state index contributed by atoms with van der Waals surface area (Å²) < 4.78 is 35.9. The molecule has 2 aromatic rings. The third-order valence-electron chi connectivity index (χ3n) is 11.8. The largest absolute Gasteiger partial charge is 0.490 e. The molecule has 7 rings (SSSR count). The van der Waals surface area contributed by atoms with Crippen LogP contribution in [0.4, 0.5) is 5.69 Å². The van der Waals surface area contributed by atoms with Crippen molar-refractivity contribution >= 4 is 38.8 Å². The van der Waals surface area contributed by atoms with Crippen molar-refractivity contribution in [2.24, 2.45) is 23.7 Å². The van der Waals surface area contributed by atoms with Gasteiger partial charge in [0.05, 0.1) is 35.2 Å². The average Bonchev–Trinajstić information content (AvgIpc) is 3.18. The van der Waals surface area contributed by atoms with E-state index in [9.17, 15) is 9.00 Å². The molecule has 0 aromatic heterocycles. The van der Waals surface area contributed by atoms with E-state index >= 15 is 0 Å². The third-order valence-corrected chi connectivity index (χ3v) is 14.3. The molecule has 1 N–H and O–H groups in total. The summed E-state index contributed by atoms with van der Waals surface area (Å²) in [5, 5.41) is 0.511. The Morgan fingerprint density at radius 3 is 2.61 bits per heavy atom. The van der Waals surface area contributed by atoms with Gasteiger partial charge in [-0.1, -0.05) is 31.0 Å². The third kappa shape index (κ3) is 6.20. The van der Waals surface area contributed by atoms with E-state index in [1.54, 1.807) is 6.07 Å². The summed E-state index contributed by atoms with van der Waals surface area (Å²) in [6.45, 7) is 7.83. The minimum absolute atomic E-state index is 0.143. The van der Waals surface area contributed by atoms with Crippen LogP contribution in [0, 0.1) is 23.7 Å². The Kier molecular flexibility index (Phi) is 9.11. The normalized spacial score (nSPS) is 35.6. The van der Waals surface area contributed by atoms with Crippen molar-refractivity contribution in [1.82, 2.24) is 4.72 Å². The zero-order chi connectivity index (χ0) is 32.1. The van der Waals surface area contributed by atoms with E-state index in [4.69, 9.17) is 25.8 Å². The summed E-state index contributed by atoms with van der Waals surface area (Å²) in [6.07, 6.45) is 9.15. The lowest BCUT2D eigenvalue weighted by Gasteiger charge is -2.48. The molecule has 3 heterocycles. The van der Waals surface area contributed by atoms with E-state index < -0.39 is 9.71 Å². The number of rotatable bonds is 1. The number of carbonyl (C=O) groups excluding carboxylic acids is 1. The Hall–Kier alpha value is -2.26. The molecule has 1 saturated carbocycles. The number of carbonyl (C=O) groups is 1. The molecule has 250 valence electrons. The van der Waals surface area contributed by atoms with Gasteiger partial charge in [0.1, 0.15) is 5.75 Å². The van der Waals surface area contributed by atoms with Crippen molar-refractivity contribution in [3.05, 3.63) is 58.1 Å². The average molecular weight is 669 g/mol. The molecule has 1 spiro atoms. The van der Waals surface area contributed by atoms with Crippen LogP contribution in [0.15, 0.2) is 36.4 Å². The first-order chi connectivity index (χ1) is 22.1. The topological polar surface area (TPSA) is 77.1 Å². The van der Waals surface area contributed by atoms with E-state index in [0.717, 1.165) is 94.1 Å². The molecular weight excluding hydrogens is 620 g/mol. The Morgan fingerprint density at radius 2 is 1.83 bits per heavy atom. The standard InChI is InChI=1S/C37H49ClN2O5S/c1-24-7-4-9-31(36-43-17-6-18-44-36)30-13-10-28(30)21-40-22-37(16-5-8-26-19-29(38)12-14-32(26)37)23-45-34-15-11-27(20-33(34)40)35(41)39-46(3,42)25(24)2/h11-12,14-15,19-20,24-25,28,30-31,36H,3-10,13,16-18,21-23H2,1-2H3,(H,39,41,42)/t24-,25+,28-,30+,31+,37-,46?/m0/s1. The Labute approximate surface area is 279 Å². The van der Waals surface area contributed by atoms with E-state index in [1.165, 1.54) is 17.5 Å². The minimum atomic E-state index is -2.88. The lowest BCUT2D eigenvalue weighted by molar-refractivity contribution is -0.224. The smallest absolute Gasteiger partial charge is 0.262 e. The zero-order valence-electron chi connectivity index (χ0n) is 27.3. The number of benzene rings is 2. The second-order valence-corrected chi connectivity index (χ2v) is 17.5. The second kappa shape index (κ2) is 13.0. The summed E-state index contributed by atoms with van der Waals surface area (Å²) in [5.74, 6) is 5.92. The fourth-order valence-electron chi connectivity index (χ4n) is 8.82. The van der Waals surface area contributed by atoms with Gasteiger partial charge in [-0.15, -0.1) is 0 Å². The van der Waals surface area contributed by atoms with Crippen LogP contribution in [0.25, 0.3) is 0 Å². The van der Waals surface area contributed by atoms with Crippen LogP contribution in [0.5, 0.6) is 5.75 Å². The van der Waals surface area contributed by atoms with Crippen LogP contribution in [-0.4, -0.2) is 60.4 Å². The van der Waals surface area contributed by atoms with Crippen molar-refractivity contribution in [3.63, 3.8) is 0 Å². The number of halogens is 1. The Morgan fingerprint density at radius 1 is 1.00 bits per heavy atom. The summed E-state index contributed by atoms with van der Waals surface area (Å²) in [7, 11) is -2.88. The van der Waals surface area contributed by atoms with Crippen molar-refractivity contribution < 1.29 is 23.2 Å². The number of ether oxygens (including phenoxy) is 3. The minimum Gasteiger partial charge on any atom is -0.490 e. The molecule has 5 aliphatic rings. The summed E-state index contributed by atoms with van der Waals surface area (Å²) in [6, 6.07) is 12.0. The van der Waals surface area contributed by atoms with Gasteiger partial charge in [-0.2, -0.15) is 0 Å². The quantitative estimate of drug-likeness (QED) is 0.338. The number of nitrogens with one attached hydrogen (secondary N) is 1. The lowest BCUT2D eigenvalue weighted by Crippen LogP contribution is -2.50. The molecule has 1 saturated heterocycles. The molecular formula is C37H49ClN2O5S. The first-order valence-electron chi connectivity index (χ1n) is 17.4. The Balaban J connectivity index is 1.29. The first-order valence-corrected chi connectivity index (χ1v) is 19.5. The lowest BCUT2D eigenvalue weighted by atomic mass is 9.64. The molecule has 0 radical (unpaired) electrons. The van der Waals surface area contributed by atoms with Crippen molar-refractivity contribution in [2.75, 3.05) is 37.8 Å². The molecule has 1 amide bonds. The second-order valence-electron chi connectivity index (χ2n) is 14.7. The number of aryl methyl sites for hydroxylation is 1. The molecule has 2 aromatic carbocycles. The predicted molar refractivity (Wildman–Crippen MR) is 185 cm³/mol. The maximum absolute atomic E-state index is 13.9. The number of hydrogen-bond acceptors (Lipinski definition) is 6. The highest BCUT2D eigenvalue weighted by molar-refractivity contribution is 7.99. The van der Waals surface area contributed by atoms with Crippen LogP contribution in [0.1, 0.15) is 86.7 Å². The Bertz CT molecular complexity index is 1560. The molecule has 7 atom stereocenters. The van der Waals surface area contributed by atoms with E-state index in [1.807, 2.05) is 25.1 Å². The molecule has 46 heavy (non-hydrogen) atoms. The van der Waals surface area contributed by atoms with Crippen LogP contribution in [0.3, 0.4) is 0 Å². The van der Waals surface area contributed by atoms with Gasteiger partial charge in [-0.3, -0.25) is 9.52 Å². The number of amides is 1. The molecule has 2 fully saturated rings. The number of anilines is 1. The fourth-order valence-corrected chi connectivity index (χ4v) is 10.5. The maximum Gasteiger partial charge on any atom is 0.262 e. The SMILES string of the molecule is C=S1(=O)NC(=O)c2ccc3c(c2)N(C[C@@H]2CC[C@H]2[C@H](C2OCCCO2)CCC[C@H](C)[C@H]1C)C[C@@]1(CCCc2cc(Cl)ccc21)CO3.